The third-order valence-corrected chi connectivity index (χ3v) is 4.00. The summed E-state index contributed by atoms with van der Waals surface area (Å²) in [4.78, 5) is 27.7. The highest BCUT2D eigenvalue weighted by molar-refractivity contribution is 6.05. The van der Waals surface area contributed by atoms with Gasteiger partial charge in [0.05, 0.1) is 37.4 Å². The number of ether oxygens (including phenoxy) is 2. The fraction of sp³-hybridized carbons (Fsp3) is 0.412. The summed E-state index contributed by atoms with van der Waals surface area (Å²) in [5.41, 5.74) is 2.53. The second-order valence-corrected chi connectivity index (χ2v) is 5.71. The number of amides is 1. The van der Waals surface area contributed by atoms with E-state index in [0.29, 0.717) is 36.3 Å². The van der Waals surface area contributed by atoms with Crippen LogP contribution < -0.4 is 15.0 Å². The van der Waals surface area contributed by atoms with E-state index in [4.69, 9.17) is 9.47 Å². The molecule has 2 aromatic heterocycles. The molecule has 0 saturated carbocycles. The highest BCUT2D eigenvalue weighted by Gasteiger charge is 2.18. The van der Waals surface area contributed by atoms with Crippen molar-refractivity contribution in [3.63, 3.8) is 0 Å². The Hall–Kier alpha value is -2.74. The second kappa shape index (κ2) is 7.43. The van der Waals surface area contributed by atoms with E-state index in [9.17, 15) is 4.79 Å². The number of anilines is 2. The molecule has 132 valence electrons. The zero-order valence-corrected chi connectivity index (χ0v) is 14.6. The number of nitrogens with one attached hydrogen (secondary N) is 1. The van der Waals surface area contributed by atoms with Crippen molar-refractivity contribution in [2.75, 3.05) is 43.6 Å². The molecule has 1 saturated heterocycles. The molecule has 1 amide bonds. The molecule has 8 nitrogen and oxygen atoms in total. The molecule has 0 aromatic carbocycles. The Balaban J connectivity index is 1.81. The van der Waals surface area contributed by atoms with Crippen LogP contribution in [0, 0.1) is 13.8 Å². The Bertz CT molecular complexity index is 752. The summed E-state index contributed by atoms with van der Waals surface area (Å²) in [6, 6.07) is 3.22. The molecule has 2 aromatic rings. The molecule has 1 aliphatic rings. The number of aromatic nitrogens is 3. The highest BCUT2D eigenvalue weighted by atomic mass is 16.5. The number of methoxy groups -OCH3 is 1. The monoisotopic (exact) mass is 343 g/mol. The average Bonchev–Trinajstić information content (AvgIpc) is 2.65. The average molecular weight is 343 g/mol. The number of carbonyl (C=O) groups excluding carboxylic acids is 1. The van der Waals surface area contributed by atoms with Crippen LogP contribution in [0.5, 0.6) is 5.88 Å². The van der Waals surface area contributed by atoms with E-state index in [0.717, 1.165) is 24.5 Å². The normalized spacial score (nSPS) is 14.3. The van der Waals surface area contributed by atoms with Gasteiger partial charge in [-0.1, -0.05) is 0 Å². The first kappa shape index (κ1) is 17.1. The summed E-state index contributed by atoms with van der Waals surface area (Å²) in [6.07, 6.45) is 1.53. The van der Waals surface area contributed by atoms with E-state index >= 15 is 0 Å². The molecule has 3 rings (SSSR count). The first-order chi connectivity index (χ1) is 12.1. The van der Waals surface area contributed by atoms with E-state index in [1.165, 1.54) is 13.3 Å². The number of nitrogens with zero attached hydrogens (tertiary/aromatic N) is 4. The fourth-order valence-electron chi connectivity index (χ4n) is 2.63. The zero-order chi connectivity index (χ0) is 17.8. The minimum absolute atomic E-state index is 0.255. The third-order valence-electron chi connectivity index (χ3n) is 4.00. The molecule has 25 heavy (non-hydrogen) atoms. The van der Waals surface area contributed by atoms with Crippen LogP contribution in [0.15, 0.2) is 18.3 Å². The topological polar surface area (TPSA) is 89.5 Å². The first-order valence-corrected chi connectivity index (χ1v) is 8.08. The summed E-state index contributed by atoms with van der Waals surface area (Å²) in [6.45, 7) is 6.60. The van der Waals surface area contributed by atoms with E-state index in [1.54, 1.807) is 12.1 Å². The van der Waals surface area contributed by atoms with Crippen LogP contribution in [-0.2, 0) is 4.74 Å². The van der Waals surface area contributed by atoms with Gasteiger partial charge < -0.3 is 19.7 Å². The van der Waals surface area contributed by atoms with Gasteiger partial charge >= 0.3 is 0 Å². The zero-order valence-electron chi connectivity index (χ0n) is 14.6. The summed E-state index contributed by atoms with van der Waals surface area (Å²) in [5, 5.41) is 2.89. The molecule has 0 bridgehead atoms. The maximum atomic E-state index is 12.5. The molecule has 1 fully saturated rings. The Morgan fingerprint density at radius 1 is 1.24 bits per heavy atom. The number of morpholine rings is 1. The van der Waals surface area contributed by atoms with Crippen LogP contribution >= 0.6 is 0 Å². The maximum Gasteiger partial charge on any atom is 0.256 e. The molecular weight excluding hydrogens is 322 g/mol. The van der Waals surface area contributed by atoms with Crippen molar-refractivity contribution >= 4 is 17.5 Å². The van der Waals surface area contributed by atoms with Gasteiger partial charge in [-0.3, -0.25) is 4.79 Å². The SMILES string of the molecule is COc1cc(C(=O)Nc2c(C)nc(N3CCOCC3)nc2C)ccn1. The predicted molar refractivity (Wildman–Crippen MR) is 93.3 cm³/mol. The van der Waals surface area contributed by atoms with Crippen molar-refractivity contribution in [1.82, 2.24) is 15.0 Å². The quantitative estimate of drug-likeness (QED) is 0.901. The highest BCUT2D eigenvalue weighted by Crippen LogP contribution is 2.22. The van der Waals surface area contributed by atoms with Crippen molar-refractivity contribution in [2.45, 2.75) is 13.8 Å². The molecule has 0 aliphatic carbocycles. The maximum absolute atomic E-state index is 12.5. The predicted octanol–water partition coefficient (Wildman–Crippen LogP) is 1.59. The van der Waals surface area contributed by atoms with Gasteiger partial charge in [0, 0.05) is 30.9 Å². The lowest BCUT2D eigenvalue weighted by Gasteiger charge is -2.27. The summed E-state index contributed by atoms with van der Waals surface area (Å²) in [5.74, 6) is 0.802. The molecule has 3 heterocycles. The van der Waals surface area contributed by atoms with Gasteiger partial charge in [0.25, 0.3) is 5.91 Å². The third kappa shape index (κ3) is 3.85. The van der Waals surface area contributed by atoms with E-state index in [1.807, 2.05) is 13.8 Å². The van der Waals surface area contributed by atoms with Crippen LogP contribution in [0.1, 0.15) is 21.7 Å². The van der Waals surface area contributed by atoms with E-state index in [2.05, 4.69) is 25.2 Å². The van der Waals surface area contributed by atoms with Crippen LogP contribution in [0.3, 0.4) is 0 Å². The van der Waals surface area contributed by atoms with E-state index in [-0.39, 0.29) is 5.91 Å². The lowest BCUT2D eigenvalue weighted by molar-refractivity contribution is 0.102. The van der Waals surface area contributed by atoms with Gasteiger partial charge in [-0.15, -0.1) is 0 Å². The largest absolute Gasteiger partial charge is 0.481 e. The van der Waals surface area contributed by atoms with Crippen molar-refractivity contribution in [1.29, 1.82) is 0 Å². The Kier molecular flexibility index (Phi) is 5.08. The lowest BCUT2D eigenvalue weighted by atomic mass is 10.2. The van der Waals surface area contributed by atoms with Crippen LogP contribution in [0.25, 0.3) is 0 Å². The molecule has 0 spiro atoms. The number of hydrogen-bond acceptors (Lipinski definition) is 7. The van der Waals surface area contributed by atoms with Crippen molar-refractivity contribution in [3.8, 4) is 5.88 Å². The van der Waals surface area contributed by atoms with Crippen LogP contribution in [0.2, 0.25) is 0 Å². The smallest absolute Gasteiger partial charge is 0.256 e. The van der Waals surface area contributed by atoms with Crippen molar-refractivity contribution in [3.05, 3.63) is 35.3 Å². The molecule has 0 atom stereocenters. The number of carbonyl (C=O) groups is 1. The Morgan fingerprint density at radius 3 is 2.56 bits per heavy atom. The second-order valence-electron chi connectivity index (χ2n) is 5.71. The minimum Gasteiger partial charge on any atom is -0.481 e. The van der Waals surface area contributed by atoms with Crippen LogP contribution in [-0.4, -0.2) is 54.3 Å². The number of aryl methyl sites for hydroxylation is 2. The van der Waals surface area contributed by atoms with Gasteiger partial charge in [0.2, 0.25) is 11.8 Å². The summed E-state index contributed by atoms with van der Waals surface area (Å²) < 4.78 is 10.4. The molecule has 0 radical (unpaired) electrons. The van der Waals surface area contributed by atoms with E-state index < -0.39 is 0 Å². The van der Waals surface area contributed by atoms with Gasteiger partial charge in [-0.2, -0.15) is 0 Å². The molecule has 0 unspecified atom stereocenters. The molecule has 1 N–H and O–H groups in total. The fourth-order valence-corrected chi connectivity index (χ4v) is 2.63. The molecule has 8 heteroatoms. The van der Waals surface area contributed by atoms with Gasteiger partial charge in [0.1, 0.15) is 0 Å². The molecule has 1 aliphatic heterocycles. The first-order valence-electron chi connectivity index (χ1n) is 8.08. The number of pyridine rings is 1. The van der Waals surface area contributed by atoms with Crippen molar-refractivity contribution in [2.24, 2.45) is 0 Å². The standard InChI is InChI=1S/C17H21N5O3/c1-11-15(21-16(23)13-4-5-18-14(10-13)24-3)12(2)20-17(19-11)22-6-8-25-9-7-22/h4-5,10H,6-9H2,1-3H3,(H,21,23). The van der Waals surface area contributed by atoms with Gasteiger partial charge in [-0.25, -0.2) is 15.0 Å². The van der Waals surface area contributed by atoms with Gasteiger partial charge in [0.15, 0.2) is 0 Å². The Labute approximate surface area is 146 Å². The summed E-state index contributed by atoms with van der Waals surface area (Å²) in [7, 11) is 1.51. The lowest BCUT2D eigenvalue weighted by Crippen LogP contribution is -2.37. The Morgan fingerprint density at radius 2 is 1.92 bits per heavy atom. The number of hydrogen-bond donors (Lipinski definition) is 1. The van der Waals surface area contributed by atoms with Gasteiger partial charge in [-0.05, 0) is 19.9 Å². The molecular formula is C17H21N5O3. The van der Waals surface area contributed by atoms with Crippen molar-refractivity contribution < 1.29 is 14.3 Å². The minimum atomic E-state index is -0.255. The summed E-state index contributed by atoms with van der Waals surface area (Å²) >= 11 is 0. The van der Waals surface area contributed by atoms with Crippen LogP contribution in [0.4, 0.5) is 11.6 Å². The number of rotatable bonds is 4.